The van der Waals surface area contributed by atoms with Crippen LogP contribution in [0.3, 0.4) is 0 Å². The van der Waals surface area contributed by atoms with Crippen LogP contribution in [0, 0.1) is 13.8 Å². The molecule has 0 aliphatic heterocycles. The number of fused-ring (bicyclic) bond motifs is 2. The van der Waals surface area contributed by atoms with E-state index in [0.29, 0.717) is 28.5 Å². The van der Waals surface area contributed by atoms with E-state index in [1.54, 1.807) is 41.8 Å². The van der Waals surface area contributed by atoms with Crippen molar-refractivity contribution in [1.29, 1.82) is 0 Å². The molecule has 5 rings (SSSR count). The van der Waals surface area contributed by atoms with Gasteiger partial charge in [0.1, 0.15) is 0 Å². The van der Waals surface area contributed by atoms with E-state index in [0.717, 1.165) is 15.0 Å². The molecule has 9 heteroatoms. The number of aromatic nitrogens is 5. The lowest BCUT2D eigenvalue weighted by Gasteiger charge is -2.07. The predicted octanol–water partition coefficient (Wildman–Crippen LogP) is 3.68. The van der Waals surface area contributed by atoms with Gasteiger partial charge < -0.3 is 5.32 Å². The third kappa shape index (κ3) is 3.00. The van der Waals surface area contributed by atoms with Crippen molar-refractivity contribution in [2.45, 2.75) is 18.7 Å². The molecule has 8 nitrogen and oxygen atoms in total. The van der Waals surface area contributed by atoms with Gasteiger partial charge in [-0.05, 0) is 56.3 Å². The summed E-state index contributed by atoms with van der Waals surface area (Å²) in [7, 11) is -3.83. The van der Waals surface area contributed by atoms with Crippen LogP contribution in [0.15, 0.2) is 71.8 Å². The quantitative estimate of drug-likeness (QED) is 0.479. The Hall–Kier alpha value is -3.72. The standard InChI is InChI=1S/C21H18N6O2S/c1-14-6-9-17(10-7-14)30(28,29)27-19-13-16(8-11-18(19)15(2)24-27)22-21-23-20-5-3-4-12-26(20)25-21/h3-13H,1-2H3,(H,22,25). The van der Waals surface area contributed by atoms with E-state index in [2.05, 4.69) is 20.5 Å². The predicted molar refractivity (Wildman–Crippen MR) is 115 cm³/mol. The number of aryl methyl sites for hydroxylation is 2. The molecule has 0 aliphatic rings. The number of nitrogens with one attached hydrogen (secondary N) is 1. The Bertz CT molecular complexity index is 1470. The average molecular weight is 418 g/mol. The first-order valence-corrected chi connectivity index (χ1v) is 10.8. The summed E-state index contributed by atoms with van der Waals surface area (Å²) in [5.74, 6) is 0.421. The Kier molecular flexibility index (Phi) is 4.07. The van der Waals surface area contributed by atoms with Crippen LogP contribution in [0.5, 0.6) is 0 Å². The van der Waals surface area contributed by atoms with Crippen LogP contribution in [0.2, 0.25) is 0 Å². The van der Waals surface area contributed by atoms with Crippen molar-refractivity contribution in [3.05, 3.63) is 78.1 Å². The molecule has 0 aliphatic carbocycles. The molecular formula is C21H18N6O2S. The van der Waals surface area contributed by atoms with E-state index in [-0.39, 0.29) is 4.90 Å². The number of anilines is 2. The second-order valence-corrected chi connectivity index (χ2v) is 8.81. The van der Waals surface area contributed by atoms with Gasteiger partial charge in [0.05, 0.1) is 16.1 Å². The van der Waals surface area contributed by atoms with Crippen molar-refractivity contribution in [3.63, 3.8) is 0 Å². The molecule has 5 aromatic rings. The molecule has 0 amide bonds. The fraction of sp³-hybridized carbons (Fsp3) is 0.0952. The van der Waals surface area contributed by atoms with Gasteiger partial charge in [0.15, 0.2) is 5.65 Å². The van der Waals surface area contributed by atoms with Gasteiger partial charge >= 0.3 is 0 Å². The Morgan fingerprint density at radius 3 is 2.50 bits per heavy atom. The molecular weight excluding hydrogens is 400 g/mol. The Labute approximate surface area is 172 Å². The third-order valence-electron chi connectivity index (χ3n) is 4.88. The highest BCUT2D eigenvalue weighted by atomic mass is 32.2. The number of nitrogens with zero attached hydrogens (tertiary/aromatic N) is 5. The van der Waals surface area contributed by atoms with Gasteiger partial charge in [0.2, 0.25) is 5.95 Å². The lowest BCUT2D eigenvalue weighted by atomic mass is 10.2. The molecule has 150 valence electrons. The minimum Gasteiger partial charge on any atom is -0.323 e. The summed E-state index contributed by atoms with van der Waals surface area (Å²) in [6, 6.07) is 17.8. The van der Waals surface area contributed by atoms with E-state index in [4.69, 9.17) is 0 Å². The lowest BCUT2D eigenvalue weighted by molar-refractivity contribution is 0.582. The van der Waals surface area contributed by atoms with Crippen molar-refractivity contribution in [3.8, 4) is 0 Å². The second kappa shape index (κ2) is 6.67. The highest BCUT2D eigenvalue weighted by molar-refractivity contribution is 7.90. The summed E-state index contributed by atoms with van der Waals surface area (Å²) in [5.41, 5.74) is 3.49. The van der Waals surface area contributed by atoms with Crippen LogP contribution in [0.4, 0.5) is 11.6 Å². The van der Waals surface area contributed by atoms with Crippen LogP contribution >= 0.6 is 0 Å². The number of rotatable bonds is 4. The van der Waals surface area contributed by atoms with Gasteiger partial charge in [-0.1, -0.05) is 23.8 Å². The van der Waals surface area contributed by atoms with Gasteiger partial charge in [-0.3, -0.25) is 0 Å². The zero-order valence-electron chi connectivity index (χ0n) is 16.3. The van der Waals surface area contributed by atoms with E-state index >= 15 is 0 Å². The maximum absolute atomic E-state index is 13.2. The first kappa shape index (κ1) is 18.3. The minimum atomic E-state index is -3.83. The molecule has 3 heterocycles. The highest BCUT2D eigenvalue weighted by Gasteiger charge is 2.22. The van der Waals surface area contributed by atoms with Crippen LogP contribution in [0.25, 0.3) is 16.6 Å². The molecule has 0 fully saturated rings. The molecule has 0 spiro atoms. The Morgan fingerprint density at radius 1 is 0.933 bits per heavy atom. The maximum Gasteiger partial charge on any atom is 0.283 e. The number of pyridine rings is 1. The van der Waals surface area contributed by atoms with E-state index in [9.17, 15) is 8.42 Å². The zero-order valence-corrected chi connectivity index (χ0v) is 17.1. The molecule has 0 atom stereocenters. The zero-order chi connectivity index (χ0) is 20.9. The molecule has 0 unspecified atom stereocenters. The van der Waals surface area contributed by atoms with Gasteiger partial charge in [-0.2, -0.15) is 22.6 Å². The van der Waals surface area contributed by atoms with Gasteiger partial charge in [-0.15, -0.1) is 5.10 Å². The number of benzene rings is 2. The van der Waals surface area contributed by atoms with E-state index < -0.39 is 10.0 Å². The maximum atomic E-state index is 13.2. The molecule has 30 heavy (non-hydrogen) atoms. The van der Waals surface area contributed by atoms with E-state index in [1.165, 1.54) is 0 Å². The molecule has 0 radical (unpaired) electrons. The minimum absolute atomic E-state index is 0.192. The smallest absolute Gasteiger partial charge is 0.283 e. The SMILES string of the molecule is Cc1ccc(S(=O)(=O)n2nc(C)c3ccc(Nc4nc5ccccn5n4)cc32)cc1. The van der Waals surface area contributed by atoms with Crippen LogP contribution in [-0.4, -0.2) is 32.2 Å². The Balaban J connectivity index is 1.59. The molecule has 2 aromatic carbocycles. The summed E-state index contributed by atoms with van der Waals surface area (Å²) in [5, 5.41) is 12.6. The topological polar surface area (TPSA) is 94.2 Å². The first-order chi connectivity index (χ1) is 14.4. The fourth-order valence-corrected chi connectivity index (χ4v) is 4.64. The summed E-state index contributed by atoms with van der Waals surface area (Å²) in [4.78, 5) is 4.61. The van der Waals surface area contributed by atoms with Crippen LogP contribution < -0.4 is 5.32 Å². The van der Waals surface area contributed by atoms with Crippen molar-refractivity contribution in [2.75, 3.05) is 5.32 Å². The highest BCUT2D eigenvalue weighted by Crippen LogP contribution is 2.27. The number of hydrogen-bond donors (Lipinski definition) is 1. The van der Waals surface area contributed by atoms with Gasteiger partial charge in [0.25, 0.3) is 10.0 Å². The average Bonchev–Trinajstić information content (AvgIpc) is 3.29. The van der Waals surface area contributed by atoms with Crippen molar-refractivity contribution in [2.24, 2.45) is 0 Å². The number of hydrogen-bond acceptors (Lipinski definition) is 6. The van der Waals surface area contributed by atoms with Gasteiger partial charge in [0, 0.05) is 17.3 Å². The van der Waals surface area contributed by atoms with Crippen LogP contribution in [0.1, 0.15) is 11.3 Å². The normalized spacial score (nSPS) is 11.9. The summed E-state index contributed by atoms with van der Waals surface area (Å²) >= 11 is 0. The first-order valence-electron chi connectivity index (χ1n) is 9.32. The summed E-state index contributed by atoms with van der Waals surface area (Å²) in [6.45, 7) is 3.70. The van der Waals surface area contributed by atoms with Crippen molar-refractivity contribution < 1.29 is 8.42 Å². The third-order valence-corrected chi connectivity index (χ3v) is 6.48. The Morgan fingerprint density at radius 2 is 1.73 bits per heavy atom. The molecule has 3 aromatic heterocycles. The van der Waals surface area contributed by atoms with E-state index in [1.807, 2.05) is 43.5 Å². The van der Waals surface area contributed by atoms with Gasteiger partial charge in [-0.25, -0.2) is 4.52 Å². The molecule has 0 saturated heterocycles. The lowest BCUT2D eigenvalue weighted by Crippen LogP contribution is -2.14. The largest absolute Gasteiger partial charge is 0.323 e. The van der Waals surface area contributed by atoms with Crippen LogP contribution in [-0.2, 0) is 10.0 Å². The fourth-order valence-electron chi connectivity index (χ4n) is 3.32. The van der Waals surface area contributed by atoms with Crippen molar-refractivity contribution in [1.82, 2.24) is 23.8 Å². The molecule has 0 bridgehead atoms. The molecule has 1 N–H and O–H groups in total. The monoisotopic (exact) mass is 418 g/mol. The second-order valence-electron chi connectivity index (χ2n) is 7.04. The molecule has 0 saturated carbocycles. The summed E-state index contributed by atoms with van der Waals surface area (Å²) < 4.78 is 29.2. The van der Waals surface area contributed by atoms with Crippen molar-refractivity contribution >= 4 is 38.2 Å². The summed E-state index contributed by atoms with van der Waals surface area (Å²) in [6.07, 6.45) is 1.81.